The van der Waals surface area contributed by atoms with Crippen molar-refractivity contribution in [2.75, 3.05) is 33.4 Å². The zero-order chi connectivity index (χ0) is 16.0. The Hall–Kier alpha value is -1.40. The second-order valence-corrected chi connectivity index (χ2v) is 6.34. The zero-order valence-corrected chi connectivity index (χ0v) is 13.6. The van der Waals surface area contributed by atoms with E-state index in [1.807, 2.05) is 18.1 Å². The van der Waals surface area contributed by atoms with Crippen LogP contribution in [0.25, 0.3) is 0 Å². The van der Waals surface area contributed by atoms with E-state index < -0.39 is 0 Å². The lowest BCUT2D eigenvalue weighted by Crippen LogP contribution is -2.48. The van der Waals surface area contributed by atoms with Gasteiger partial charge in [0, 0.05) is 51.9 Å². The third kappa shape index (κ3) is 4.30. The molecule has 1 amide bonds. The van der Waals surface area contributed by atoms with Crippen LogP contribution in [-0.2, 0) is 23.0 Å². The van der Waals surface area contributed by atoms with E-state index in [0.29, 0.717) is 26.0 Å². The highest BCUT2D eigenvalue weighted by atomic mass is 16.5. The van der Waals surface area contributed by atoms with Crippen LogP contribution in [0.4, 0.5) is 0 Å². The van der Waals surface area contributed by atoms with Crippen LogP contribution >= 0.6 is 0 Å². The molecule has 0 spiro atoms. The molecule has 6 nitrogen and oxygen atoms in total. The molecule has 0 radical (unpaired) electrons. The molecule has 0 bridgehead atoms. The molecule has 1 aromatic rings. The van der Waals surface area contributed by atoms with Gasteiger partial charge in [-0.2, -0.15) is 5.10 Å². The Morgan fingerprint density at radius 3 is 3.00 bits per heavy atom. The van der Waals surface area contributed by atoms with Crippen LogP contribution < -0.4 is 0 Å². The third-order valence-electron chi connectivity index (χ3n) is 4.57. The summed E-state index contributed by atoms with van der Waals surface area (Å²) in [7, 11) is 3.55. The topological polar surface area (TPSA) is 67.6 Å². The van der Waals surface area contributed by atoms with Gasteiger partial charge in [0.2, 0.25) is 5.91 Å². The van der Waals surface area contributed by atoms with Crippen LogP contribution in [0.5, 0.6) is 0 Å². The van der Waals surface area contributed by atoms with E-state index in [0.717, 1.165) is 31.4 Å². The van der Waals surface area contributed by atoms with E-state index in [4.69, 9.17) is 4.74 Å². The molecule has 0 unspecified atom stereocenters. The lowest BCUT2D eigenvalue weighted by Gasteiger charge is -2.42. The highest BCUT2D eigenvalue weighted by Crippen LogP contribution is 2.33. The number of carbonyl (C=O) groups is 1. The average molecular weight is 309 g/mol. The maximum absolute atomic E-state index is 12.4. The van der Waals surface area contributed by atoms with Crippen molar-refractivity contribution in [1.29, 1.82) is 0 Å². The number of likely N-dealkylation sites (tertiary alicyclic amines) is 1. The number of carbonyl (C=O) groups excluding carboxylic acids is 1. The van der Waals surface area contributed by atoms with Gasteiger partial charge < -0.3 is 14.7 Å². The van der Waals surface area contributed by atoms with Gasteiger partial charge in [-0.15, -0.1) is 0 Å². The molecule has 22 heavy (non-hydrogen) atoms. The molecule has 1 N–H and O–H groups in total. The maximum atomic E-state index is 12.4. The summed E-state index contributed by atoms with van der Waals surface area (Å²) in [5.74, 6) is 0.166. The average Bonchev–Trinajstić information content (AvgIpc) is 2.96. The van der Waals surface area contributed by atoms with Crippen molar-refractivity contribution in [3.05, 3.63) is 18.0 Å². The van der Waals surface area contributed by atoms with E-state index in [2.05, 4.69) is 5.10 Å². The number of methoxy groups -OCH3 is 1. The number of aliphatic hydroxyl groups is 1. The van der Waals surface area contributed by atoms with Crippen molar-refractivity contribution in [3.8, 4) is 0 Å². The fraction of sp³-hybridized carbons (Fsp3) is 0.750. The summed E-state index contributed by atoms with van der Waals surface area (Å²) in [6, 6.07) is 0. The first-order valence-corrected chi connectivity index (χ1v) is 7.94. The van der Waals surface area contributed by atoms with E-state index in [-0.39, 0.29) is 17.9 Å². The molecule has 1 aliphatic heterocycles. The van der Waals surface area contributed by atoms with Crippen molar-refractivity contribution in [3.63, 3.8) is 0 Å². The minimum atomic E-state index is -0.196. The molecule has 0 aliphatic carbocycles. The Kier molecular flexibility index (Phi) is 5.97. The quantitative estimate of drug-likeness (QED) is 0.815. The normalized spacial score (nSPS) is 22.0. The molecule has 1 fully saturated rings. The van der Waals surface area contributed by atoms with Gasteiger partial charge in [-0.25, -0.2) is 0 Å². The van der Waals surface area contributed by atoms with Crippen LogP contribution in [0, 0.1) is 5.41 Å². The molecule has 1 saturated heterocycles. The Morgan fingerprint density at radius 2 is 2.36 bits per heavy atom. The number of aliphatic hydroxyl groups excluding tert-OH is 1. The lowest BCUT2D eigenvalue weighted by atomic mass is 9.78. The number of ether oxygens (including phenoxy) is 1. The van der Waals surface area contributed by atoms with Crippen molar-refractivity contribution in [1.82, 2.24) is 14.7 Å². The van der Waals surface area contributed by atoms with Crippen molar-refractivity contribution in [2.45, 2.75) is 32.1 Å². The van der Waals surface area contributed by atoms with Crippen LogP contribution in [0.1, 0.15) is 31.2 Å². The van der Waals surface area contributed by atoms with Crippen LogP contribution in [0.2, 0.25) is 0 Å². The molecule has 124 valence electrons. The van der Waals surface area contributed by atoms with E-state index in [1.54, 1.807) is 18.0 Å². The summed E-state index contributed by atoms with van der Waals surface area (Å²) in [4.78, 5) is 14.4. The van der Waals surface area contributed by atoms with Crippen LogP contribution in [0.3, 0.4) is 0 Å². The minimum absolute atomic E-state index is 0.114. The molecular formula is C16H27N3O3. The minimum Gasteiger partial charge on any atom is -0.396 e. The smallest absolute Gasteiger partial charge is 0.222 e. The SMILES string of the molecule is COCC[C@]1(CO)CCCN(C(=O)CCc2cnn(C)c2)C1. The summed E-state index contributed by atoms with van der Waals surface area (Å²) in [6.45, 7) is 2.17. The molecule has 1 atom stereocenters. The predicted octanol–water partition coefficient (Wildman–Crippen LogP) is 0.990. The van der Waals surface area contributed by atoms with Gasteiger partial charge in [-0.1, -0.05) is 0 Å². The molecule has 1 aliphatic rings. The van der Waals surface area contributed by atoms with Gasteiger partial charge in [-0.3, -0.25) is 9.48 Å². The van der Waals surface area contributed by atoms with Gasteiger partial charge in [0.15, 0.2) is 0 Å². The lowest BCUT2D eigenvalue weighted by molar-refractivity contribution is -0.136. The first-order chi connectivity index (χ1) is 10.6. The molecule has 2 heterocycles. The predicted molar refractivity (Wildman–Crippen MR) is 83.4 cm³/mol. The summed E-state index contributed by atoms with van der Waals surface area (Å²) in [5, 5.41) is 13.9. The first kappa shape index (κ1) is 17.0. The number of rotatable bonds is 7. The monoisotopic (exact) mass is 309 g/mol. The van der Waals surface area contributed by atoms with Gasteiger partial charge >= 0.3 is 0 Å². The van der Waals surface area contributed by atoms with Gasteiger partial charge in [0.05, 0.1) is 12.8 Å². The van der Waals surface area contributed by atoms with E-state index in [9.17, 15) is 9.90 Å². The summed E-state index contributed by atoms with van der Waals surface area (Å²) < 4.78 is 6.90. The molecule has 0 saturated carbocycles. The Morgan fingerprint density at radius 1 is 1.55 bits per heavy atom. The highest BCUT2D eigenvalue weighted by Gasteiger charge is 2.36. The van der Waals surface area contributed by atoms with Gasteiger partial charge in [0.1, 0.15) is 0 Å². The number of amides is 1. The van der Waals surface area contributed by atoms with Crippen LogP contribution in [-0.4, -0.2) is 59.1 Å². The number of hydrogen-bond acceptors (Lipinski definition) is 4. The molecule has 1 aromatic heterocycles. The second-order valence-electron chi connectivity index (χ2n) is 6.34. The first-order valence-electron chi connectivity index (χ1n) is 7.94. The Labute approximate surface area is 132 Å². The molecule has 6 heteroatoms. The van der Waals surface area contributed by atoms with Crippen LogP contribution in [0.15, 0.2) is 12.4 Å². The van der Waals surface area contributed by atoms with Crippen molar-refractivity contribution < 1.29 is 14.6 Å². The highest BCUT2D eigenvalue weighted by molar-refractivity contribution is 5.76. The summed E-state index contributed by atoms with van der Waals surface area (Å²) in [5.41, 5.74) is 0.888. The molecule has 2 rings (SSSR count). The summed E-state index contributed by atoms with van der Waals surface area (Å²) in [6.07, 6.45) is 7.67. The number of aromatic nitrogens is 2. The van der Waals surface area contributed by atoms with Crippen molar-refractivity contribution in [2.24, 2.45) is 12.5 Å². The Balaban J connectivity index is 1.88. The fourth-order valence-electron chi connectivity index (χ4n) is 3.16. The van der Waals surface area contributed by atoms with Gasteiger partial charge in [-0.05, 0) is 31.2 Å². The Bertz CT molecular complexity index is 489. The maximum Gasteiger partial charge on any atom is 0.222 e. The number of hydrogen-bond donors (Lipinski definition) is 1. The summed E-state index contributed by atoms with van der Waals surface area (Å²) >= 11 is 0. The number of aryl methyl sites for hydroxylation is 2. The standard InChI is InChI=1S/C16H27N3O3/c1-18-11-14(10-17-18)4-5-15(21)19-8-3-6-16(12-19,13-20)7-9-22-2/h10-11,20H,3-9,12-13H2,1-2H3/t16-/m1/s1. The number of piperidine rings is 1. The fourth-order valence-corrected chi connectivity index (χ4v) is 3.16. The van der Waals surface area contributed by atoms with Crippen molar-refractivity contribution >= 4 is 5.91 Å². The van der Waals surface area contributed by atoms with Gasteiger partial charge in [0.25, 0.3) is 0 Å². The molecular weight excluding hydrogens is 282 g/mol. The van der Waals surface area contributed by atoms with E-state index >= 15 is 0 Å². The van der Waals surface area contributed by atoms with E-state index in [1.165, 1.54) is 0 Å². The second kappa shape index (κ2) is 7.74. The largest absolute Gasteiger partial charge is 0.396 e. The number of nitrogens with zero attached hydrogens (tertiary/aromatic N) is 3. The zero-order valence-electron chi connectivity index (χ0n) is 13.6. The third-order valence-corrected chi connectivity index (χ3v) is 4.57. The molecule has 0 aromatic carbocycles.